The highest BCUT2D eigenvalue weighted by molar-refractivity contribution is 4.97. The standard InChI is InChI=1S/C12H22/c1-9-5-6-11(3)12(4)8-10(2)7-9/h10-12H,1,5-8H2,2-4H3. The van der Waals surface area contributed by atoms with Gasteiger partial charge in [-0.25, -0.2) is 0 Å². The zero-order chi connectivity index (χ0) is 9.14. The Morgan fingerprint density at radius 3 is 2.50 bits per heavy atom. The quantitative estimate of drug-likeness (QED) is 0.477. The van der Waals surface area contributed by atoms with Gasteiger partial charge in [-0.15, -0.1) is 0 Å². The Balaban J connectivity index is 2.52. The average molecular weight is 166 g/mol. The van der Waals surface area contributed by atoms with Gasteiger partial charge in [0.25, 0.3) is 0 Å². The van der Waals surface area contributed by atoms with Crippen molar-refractivity contribution in [2.75, 3.05) is 0 Å². The van der Waals surface area contributed by atoms with Crippen LogP contribution in [0.15, 0.2) is 12.2 Å². The van der Waals surface area contributed by atoms with E-state index in [0.29, 0.717) is 0 Å². The van der Waals surface area contributed by atoms with Crippen molar-refractivity contribution in [2.45, 2.75) is 46.5 Å². The van der Waals surface area contributed by atoms with E-state index in [1.54, 1.807) is 0 Å². The van der Waals surface area contributed by atoms with Crippen LogP contribution in [0, 0.1) is 17.8 Å². The smallest absolute Gasteiger partial charge is 0.0297 e. The topological polar surface area (TPSA) is 0 Å². The average Bonchev–Trinajstić information content (AvgIpc) is 1.98. The molecule has 0 radical (unpaired) electrons. The molecule has 1 fully saturated rings. The molecule has 0 saturated heterocycles. The molecular formula is C12H22. The molecule has 1 aliphatic carbocycles. The molecule has 1 aliphatic rings. The number of rotatable bonds is 0. The van der Waals surface area contributed by atoms with E-state index >= 15 is 0 Å². The largest absolute Gasteiger partial charge is 0.0999 e. The van der Waals surface area contributed by atoms with E-state index in [1.807, 2.05) is 0 Å². The Labute approximate surface area is 77.1 Å². The molecule has 0 N–H and O–H groups in total. The van der Waals surface area contributed by atoms with E-state index in [1.165, 1.54) is 31.3 Å². The minimum absolute atomic E-state index is 0.857. The summed E-state index contributed by atoms with van der Waals surface area (Å²) in [7, 11) is 0. The van der Waals surface area contributed by atoms with Crippen LogP contribution >= 0.6 is 0 Å². The van der Waals surface area contributed by atoms with Gasteiger partial charge in [-0.2, -0.15) is 0 Å². The van der Waals surface area contributed by atoms with E-state index in [9.17, 15) is 0 Å². The fraction of sp³-hybridized carbons (Fsp3) is 0.833. The molecule has 0 bridgehead atoms. The third-order valence-corrected chi connectivity index (χ3v) is 3.34. The van der Waals surface area contributed by atoms with Gasteiger partial charge in [0.05, 0.1) is 0 Å². The fourth-order valence-corrected chi connectivity index (χ4v) is 2.26. The van der Waals surface area contributed by atoms with Gasteiger partial charge < -0.3 is 0 Å². The Hall–Kier alpha value is -0.260. The van der Waals surface area contributed by atoms with Gasteiger partial charge in [0.15, 0.2) is 0 Å². The third kappa shape index (κ3) is 2.66. The van der Waals surface area contributed by atoms with Crippen LogP contribution in [0.25, 0.3) is 0 Å². The molecule has 0 aromatic heterocycles. The first-order valence-corrected chi connectivity index (χ1v) is 5.26. The summed E-state index contributed by atoms with van der Waals surface area (Å²) < 4.78 is 0. The SMILES string of the molecule is C=C1CCC(C)C(C)CC(C)C1. The maximum atomic E-state index is 4.13. The lowest BCUT2D eigenvalue weighted by atomic mass is 9.79. The van der Waals surface area contributed by atoms with Crippen molar-refractivity contribution in [2.24, 2.45) is 17.8 Å². The zero-order valence-electron chi connectivity index (χ0n) is 8.77. The van der Waals surface area contributed by atoms with E-state index in [-0.39, 0.29) is 0 Å². The van der Waals surface area contributed by atoms with E-state index in [0.717, 1.165) is 17.8 Å². The molecule has 1 rings (SSSR count). The van der Waals surface area contributed by atoms with Crippen LogP contribution in [0.3, 0.4) is 0 Å². The molecule has 0 amide bonds. The summed E-state index contributed by atoms with van der Waals surface area (Å²) in [6.07, 6.45) is 5.26. The van der Waals surface area contributed by atoms with Crippen molar-refractivity contribution in [3.8, 4) is 0 Å². The maximum absolute atomic E-state index is 4.13. The monoisotopic (exact) mass is 166 g/mol. The van der Waals surface area contributed by atoms with Crippen LogP contribution in [0.5, 0.6) is 0 Å². The van der Waals surface area contributed by atoms with Gasteiger partial charge in [-0.3, -0.25) is 0 Å². The van der Waals surface area contributed by atoms with Crippen LogP contribution in [-0.2, 0) is 0 Å². The second-order valence-electron chi connectivity index (χ2n) is 4.79. The van der Waals surface area contributed by atoms with Crippen molar-refractivity contribution in [3.05, 3.63) is 12.2 Å². The molecule has 1 saturated carbocycles. The van der Waals surface area contributed by atoms with Crippen LogP contribution < -0.4 is 0 Å². The second-order valence-corrected chi connectivity index (χ2v) is 4.79. The summed E-state index contributed by atoms with van der Waals surface area (Å²) in [6.45, 7) is 11.3. The number of allylic oxidation sites excluding steroid dienone is 1. The first-order valence-electron chi connectivity index (χ1n) is 5.26. The molecule has 3 atom stereocenters. The molecule has 70 valence electrons. The van der Waals surface area contributed by atoms with Crippen molar-refractivity contribution < 1.29 is 0 Å². The van der Waals surface area contributed by atoms with Crippen molar-refractivity contribution >= 4 is 0 Å². The van der Waals surface area contributed by atoms with Crippen LogP contribution in [0.2, 0.25) is 0 Å². The maximum Gasteiger partial charge on any atom is -0.0297 e. The second kappa shape index (κ2) is 4.11. The summed E-state index contributed by atoms with van der Waals surface area (Å²) >= 11 is 0. The third-order valence-electron chi connectivity index (χ3n) is 3.34. The molecule has 0 spiro atoms. The Kier molecular flexibility index (Phi) is 3.37. The zero-order valence-corrected chi connectivity index (χ0v) is 8.77. The lowest BCUT2D eigenvalue weighted by Crippen LogP contribution is -2.15. The summed E-state index contributed by atoms with van der Waals surface area (Å²) in [5, 5.41) is 0. The molecule has 0 aromatic carbocycles. The van der Waals surface area contributed by atoms with Crippen molar-refractivity contribution in [1.29, 1.82) is 0 Å². The van der Waals surface area contributed by atoms with Gasteiger partial charge in [0.2, 0.25) is 0 Å². The summed E-state index contributed by atoms with van der Waals surface area (Å²) in [5.41, 5.74) is 1.47. The van der Waals surface area contributed by atoms with Gasteiger partial charge >= 0.3 is 0 Å². The molecule has 3 unspecified atom stereocenters. The molecular weight excluding hydrogens is 144 g/mol. The van der Waals surface area contributed by atoms with Crippen molar-refractivity contribution in [1.82, 2.24) is 0 Å². The number of hydrogen-bond donors (Lipinski definition) is 0. The molecule has 0 aromatic rings. The highest BCUT2D eigenvalue weighted by atomic mass is 14.2. The lowest BCUT2D eigenvalue weighted by Gasteiger charge is -2.27. The predicted molar refractivity (Wildman–Crippen MR) is 55.1 cm³/mol. The first-order chi connectivity index (χ1) is 5.59. The van der Waals surface area contributed by atoms with Crippen LogP contribution in [0.4, 0.5) is 0 Å². The normalized spacial score (nSPS) is 38.9. The molecule has 0 heterocycles. The Morgan fingerprint density at radius 1 is 1.17 bits per heavy atom. The molecule has 12 heavy (non-hydrogen) atoms. The molecule has 0 nitrogen and oxygen atoms in total. The van der Waals surface area contributed by atoms with Gasteiger partial charge in [0, 0.05) is 0 Å². The number of hydrogen-bond acceptors (Lipinski definition) is 0. The Morgan fingerprint density at radius 2 is 1.83 bits per heavy atom. The fourth-order valence-electron chi connectivity index (χ4n) is 2.26. The molecule has 0 heteroatoms. The van der Waals surface area contributed by atoms with Gasteiger partial charge in [-0.05, 0) is 43.4 Å². The minimum Gasteiger partial charge on any atom is -0.0999 e. The van der Waals surface area contributed by atoms with E-state index in [2.05, 4.69) is 27.4 Å². The van der Waals surface area contributed by atoms with E-state index in [4.69, 9.17) is 0 Å². The lowest BCUT2D eigenvalue weighted by molar-refractivity contribution is 0.280. The highest BCUT2D eigenvalue weighted by Crippen LogP contribution is 2.31. The van der Waals surface area contributed by atoms with Crippen LogP contribution in [0.1, 0.15) is 46.5 Å². The van der Waals surface area contributed by atoms with Crippen molar-refractivity contribution in [3.63, 3.8) is 0 Å². The summed E-state index contributed by atoms with van der Waals surface area (Å²) in [6, 6.07) is 0. The predicted octanol–water partition coefficient (Wildman–Crippen LogP) is 4.02. The Bertz CT molecular complexity index is 157. The first kappa shape index (κ1) is 9.83. The summed E-state index contributed by atoms with van der Waals surface area (Å²) in [4.78, 5) is 0. The van der Waals surface area contributed by atoms with Gasteiger partial charge in [-0.1, -0.05) is 32.9 Å². The minimum atomic E-state index is 0.857. The molecule has 0 aliphatic heterocycles. The van der Waals surface area contributed by atoms with Crippen LogP contribution in [-0.4, -0.2) is 0 Å². The van der Waals surface area contributed by atoms with Gasteiger partial charge in [0.1, 0.15) is 0 Å². The highest BCUT2D eigenvalue weighted by Gasteiger charge is 2.19. The summed E-state index contributed by atoms with van der Waals surface area (Å²) in [5.74, 6) is 2.66. The van der Waals surface area contributed by atoms with E-state index < -0.39 is 0 Å².